The number of carbonyl (C=O) groups excluding carboxylic acids is 1. The van der Waals surface area contributed by atoms with Crippen LogP contribution in [-0.2, 0) is 20.6 Å². The monoisotopic (exact) mass is 423 g/mol. The van der Waals surface area contributed by atoms with Crippen LogP contribution in [-0.4, -0.2) is 35.4 Å². The van der Waals surface area contributed by atoms with Crippen LogP contribution in [0.5, 0.6) is 5.75 Å². The Kier molecular flexibility index (Phi) is 5.88. The maximum absolute atomic E-state index is 12.7. The fourth-order valence-electron chi connectivity index (χ4n) is 4.16. The third-order valence-electron chi connectivity index (χ3n) is 5.92. The predicted molar refractivity (Wildman–Crippen MR) is 123 cm³/mol. The van der Waals surface area contributed by atoms with Crippen molar-refractivity contribution in [2.75, 3.05) is 30.4 Å². The molecule has 1 saturated heterocycles. The summed E-state index contributed by atoms with van der Waals surface area (Å²) >= 11 is 0. The average molecular weight is 424 g/mol. The molecule has 1 aromatic heterocycles. The van der Waals surface area contributed by atoms with Crippen LogP contribution >= 0.6 is 0 Å². The summed E-state index contributed by atoms with van der Waals surface area (Å²) in [5.74, 6) is 0.752. The lowest BCUT2D eigenvalue weighted by molar-refractivity contribution is 0.251. The van der Waals surface area contributed by atoms with Gasteiger partial charge in [0.15, 0.2) is 0 Å². The molecule has 8 heteroatoms. The molecule has 1 fully saturated rings. The molecule has 164 valence electrons. The number of anilines is 2. The third-order valence-corrected chi connectivity index (χ3v) is 5.92. The van der Waals surface area contributed by atoms with E-state index in [1.807, 2.05) is 36.4 Å². The molecular weight excluding hydrogens is 394 g/mol. The minimum absolute atomic E-state index is 0.0841. The van der Waals surface area contributed by atoms with Crippen LogP contribution in [0.1, 0.15) is 24.8 Å². The van der Waals surface area contributed by atoms with Crippen molar-refractivity contribution in [3.8, 4) is 5.75 Å². The van der Waals surface area contributed by atoms with Crippen molar-refractivity contribution in [1.29, 1.82) is 0 Å². The van der Waals surface area contributed by atoms with Crippen molar-refractivity contribution in [2.45, 2.75) is 25.8 Å². The number of aryl methyl sites for hydroxylation is 2. The van der Waals surface area contributed by atoms with Gasteiger partial charge in [0.2, 0.25) is 0 Å². The van der Waals surface area contributed by atoms with E-state index in [4.69, 9.17) is 4.74 Å². The number of benzene rings is 2. The molecule has 0 spiro atoms. The number of rotatable bonds is 5. The highest BCUT2D eigenvalue weighted by Gasteiger charge is 2.19. The summed E-state index contributed by atoms with van der Waals surface area (Å²) in [5, 5.41) is 5.92. The number of amides is 2. The first-order valence-corrected chi connectivity index (χ1v) is 10.6. The molecule has 0 aliphatic carbocycles. The lowest BCUT2D eigenvalue weighted by atomic mass is 10.1. The Labute approximate surface area is 181 Å². The van der Waals surface area contributed by atoms with E-state index >= 15 is 0 Å². The maximum atomic E-state index is 12.7. The van der Waals surface area contributed by atoms with Crippen molar-refractivity contribution in [1.82, 2.24) is 14.5 Å². The topological polar surface area (TPSA) is 80.5 Å². The van der Waals surface area contributed by atoms with Gasteiger partial charge >= 0.3 is 11.7 Å². The first-order valence-electron chi connectivity index (χ1n) is 10.6. The molecule has 0 bridgehead atoms. The molecule has 3 aromatic rings. The van der Waals surface area contributed by atoms with Gasteiger partial charge in [-0.05, 0) is 49.1 Å². The van der Waals surface area contributed by atoms with E-state index in [1.54, 1.807) is 30.3 Å². The summed E-state index contributed by atoms with van der Waals surface area (Å²) in [6, 6.07) is 11.2. The van der Waals surface area contributed by atoms with E-state index in [2.05, 4.69) is 15.5 Å². The summed E-state index contributed by atoms with van der Waals surface area (Å²) in [6.07, 6.45) is 3.45. The molecule has 31 heavy (non-hydrogen) atoms. The third kappa shape index (κ3) is 4.23. The highest BCUT2D eigenvalue weighted by molar-refractivity contribution is 5.98. The summed E-state index contributed by atoms with van der Waals surface area (Å²) in [7, 11) is 5.14. The second kappa shape index (κ2) is 8.75. The van der Waals surface area contributed by atoms with Gasteiger partial charge in [0.05, 0.1) is 29.5 Å². The average Bonchev–Trinajstić information content (AvgIpc) is 3.01. The van der Waals surface area contributed by atoms with Gasteiger partial charge in [-0.15, -0.1) is 0 Å². The second-order valence-corrected chi connectivity index (χ2v) is 7.97. The zero-order valence-electron chi connectivity index (χ0n) is 18.3. The number of imidazole rings is 1. The largest absolute Gasteiger partial charge is 0.497 e. The summed E-state index contributed by atoms with van der Waals surface area (Å²) in [4.78, 5) is 27.4. The van der Waals surface area contributed by atoms with Crippen LogP contribution in [0.25, 0.3) is 11.0 Å². The van der Waals surface area contributed by atoms with Gasteiger partial charge in [-0.2, -0.15) is 0 Å². The van der Waals surface area contributed by atoms with Crippen molar-refractivity contribution in [3.05, 3.63) is 52.4 Å². The Morgan fingerprint density at radius 1 is 1.03 bits per heavy atom. The standard InChI is InChI=1S/C23H29N5O3/c1-26-20-13-18(25-22(29)24-15-16-8-7-9-17(12-16)31-3)19(28-10-5-4-6-11-28)14-21(20)27(2)23(26)30/h7-9,12-14H,4-6,10-11,15H2,1-3H3,(H2,24,25,29). The lowest BCUT2D eigenvalue weighted by Crippen LogP contribution is -2.32. The number of fused-ring (bicyclic) bond motifs is 1. The highest BCUT2D eigenvalue weighted by atomic mass is 16.5. The molecule has 0 saturated carbocycles. The number of methoxy groups -OCH3 is 1. The molecule has 2 N–H and O–H groups in total. The Bertz CT molecular complexity index is 1160. The Morgan fingerprint density at radius 2 is 1.74 bits per heavy atom. The molecule has 1 aliphatic heterocycles. The van der Waals surface area contributed by atoms with Gasteiger partial charge in [-0.1, -0.05) is 12.1 Å². The molecule has 2 amide bonds. The van der Waals surface area contributed by atoms with E-state index in [9.17, 15) is 9.59 Å². The predicted octanol–water partition coefficient (Wildman–Crippen LogP) is 3.20. The number of carbonyl (C=O) groups is 1. The van der Waals surface area contributed by atoms with Gasteiger partial charge in [-0.25, -0.2) is 9.59 Å². The molecule has 2 heterocycles. The molecule has 1 aliphatic rings. The Hall–Kier alpha value is -3.42. The second-order valence-electron chi connectivity index (χ2n) is 7.97. The van der Waals surface area contributed by atoms with Crippen LogP contribution < -0.4 is 26.0 Å². The van der Waals surface area contributed by atoms with Gasteiger partial charge in [0.25, 0.3) is 0 Å². The lowest BCUT2D eigenvalue weighted by Gasteiger charge is -2.30. The van der Waals surface area contributed by atoms with E-state index in [0.29, 0.717) is 12.2 Å². The van der Waals surface area contributed by atoms with Gasteiger partial charge in [-0.3, -0.25) is 9.13 Å². The molecule has 0 radical (unpaired) electrons. The zero-order valence-corrected chi connectivity index (χ0v) is 18.3. The molecule has 2 aromatic carbocycles. The first-order chi connectivity index (χ1) is 15.0. The number of urea groups is 1. The van der Waals surface area contributed by atoms with E-state index < -0.39 is 0 Å². The number of ether oxygens (including phenoxy) is 1. The summed E-state index contributed by atoms with van der Waals surface area (Å²) in [6.45, 7) is 2.26. The fourth-order valence-corrected chi connectivity index (χ4v) is 4.16. The Balaban J connectivity index is 1.60. The SMILES string of the molecule is COc1cccc(CNC(=O)Nc2cc3c(cc2N2CCCCC2)n(C)c(=O)n3C)c1. The number of piperidine rings is 1. The highest BCUT2D eigenvalue weighted by Crippen LogP contribution is 2.32. The summed E-state index contributed by atoms with van der Waals surface area (Å²) < 4.78 is 8.49. The molecular formula is C23H29N5O3. The van der Waals surface area contributed by atoms with Crippen LogP contribution in [0.2, 0.25) is 0 Å². The Morgan fingerprint density at radius 3 is 2.45 bits per heavy atom. The fraction of sp³-hybridized carbons (Fsp3) is 0.391. The zero-order chi connectivity index (χ0) is 22.0. The van der Waals surface area contributed by atoms with Crippen LogP contribution in [0, 0.1) is 0 Å². The molecule has 4 rings (SSSR count). The van der Waals surface area contributed by atoms with Crippen LogP contribution in [0.4, 0.5) is 16.2 Å². The normalized spacial score (nSPS) is 14.0. The summed E-state index contributed by atoms with van der Waals surface area (Å²) in [5.41, 5.74) is 4.17. The first kappa shape index (κ1) is 20.8. The van der Waals surface area contributed by atoms with E-state index in [-0.39, 0.29) is 11.7 Å². The van der Waals surface area contributed by atoms with Crippen LogP contribution in [0.15, 0.2) is 41.2 Å². The number of nitrogens with zero attached hydrogens (tertiary/aromatic N) is 3. The minimum Gasteiger partial charge on any atom is -0.497 e. The molecule has 0 unspecified atom stereocenters. The number of aromatic nitrogens is 2. The van der Waals surface area contributed by atoms with Gasteiger partial charge in [0, 0.05) is 33.7 Å². The minimum atomic E-state index is -0.290. The molecule has 0 atom stereocenters. The van der Waals surface area contributed by atoms with Gasteiger partial charge < -0.3 is 20.3 Å². The van der Waals surface area contributed by atoms with Crippen molar-refractivity contribution in [2.24, 2.45) is 14.1 Å². The van der Waals surface area contributed by atoms with E-state index in [1.165, 1.54) is 6.42 Å². The smallest absolute Gasteiger partial charge is 0.328 e. The van der Waals surface area contributed by atoms with Crippen molar-refractivity contribution in [3.63, 3.8) is 0 Å². The number of nitrogens with one attached hydrogen (secondary N) is 2. The maximum Gasteiger partial charge on any atom is 0.328 e. The van der Waals surface area contributed by atoms with Crippen molar-refractivity contribution < 1.29 is 9.53 Å². The molecule has 8 nitrogen and oxygen atoms in total. The number of hydrogen-bond donors (Lipinski definition) is 2. The quantitative estimate of drug-likeness (QED) is 0.660. The van der Waals surface area contributed by atoms with Crippen molar-refractivity contribution >= 4 is 28.4 Å². The van der Waals surface area contributed by atoms with Crippen LogP contribution in [0.3, 0.4) is 0 Å². The van der Waals surface area contributed by atoms with E-state index in [0.717, 1.165) is 54.0 Å². The number of hydrogen-bond acceptors (Lipinski definition) is 4. The van der Waals surface area contributed by atoms with Gasteiger partial charge in [0.1, 0.15) is 5.75 Å².